The third kappa shape index (κ3) is 5.11. The molecule has 0 heterocycles. The Labute approximate surface area is 89.8 Å². The van der Waals surface area contributed by atoms with E-state index in [9.17, 15) is 4.79 Å². The zero-order chi connectivity index (χ0) is 10.9. The number of rotatable bonds is 6. The normalized spacial score (nSPS) is 11.8. The molecule has 1 rings (SSSR count). The van der Waals surface area contributed by atoms with Gasteiger partial charge in [0.15, 0.2) is 0 Å². The standard InChI is InChI=1S/C12H15NO2/c1-11(7-8-13-10-14)15-9-12-5-3-2-4-6-12/h2-6,11H,7-9H2,1H3. The zero-order valence-corrected chi connectivity index (χ0v) is 8.85. The zero-order valence-electron chi connectivity index (χ0n) is 8.85. The highest BCUT2D eigenvalue weighted by atomic mass is 16.5. The summed E-state index contributed by atoms with van der Waals surface area (Å²) in [6.45, 7) is 3.07. The first-order chi connectivity index (χ1) is 7.33. The molecule has 15 heavy (non-hydrogen) atoms. The van der Waals surface area contributed by atoms with Gasteiger partial charge in [0.05, 0.1) is 19.3 Å². The molecule has 1 atom stereocenters. The Hall–Kier alpha value is -1.44. The van der Waals surface area contributed by atoms with Gasteiger partial charge in [0.2, 0.25) is 6.08 Å². The molecule has 0 radical (unpaired) electrons. The van der Waals surface area contributed by atoms with E-state index in [-0.39, 0.29) is 6.10 Å². The minimum Gasteiger partial charge on any atom is -0.374 e. The van der Waals surface area contributed by atoms with Crippen molar-refractivity contribution in [2.24, 2.45) is 4.99 Å². The number of carbonyl (C=O) groups excluding carboxylic acids is 1. The molecular weight excluding hydrogens is 190 g/mol. The van der Waals surface area contributed by atoms with Gasteiger partial charge in [-0.1, -0.05) is 30.3 Å². The number of nitrogens with zero attached hydrogens (tertiary/aromatic N) is 1. The first-order valence-electron chi connectivity index (χ1n) is 5.02. The molecule has 0 fully saturated rings. The number of hydrogen-bond acceptors (Lipinski definition) is 3. The Morgan fingerprint density at radius 1 is 1.40 bits per heavy atom. The lowest BCUT2D eigenvalue weighted by Gasteiger charge is -2.11. The molecule has 0 aliphatic rings. The second-order valence-electron chi connectivity index (χ2n) is 3.37. The molecule has 3 nitrogen and oxygen atoms in total. The van der Waals surface area contributed by atoms with Gasteiger partial charge in [0.1, 0.15) is 0 Å². The summed E-state index contributed by atoms with van der Waals surface area (Å²) in [6, 6.07) is 10.00. The van der Waals surface area contributed by atoms with E-state index < -0.39 is 0 Å². The average molecular weight is 205 g/mol. The molecule has 0 saturated heterocycles. The molecule has 0 bridgehead atoms. The van der Waals surface area contributed by atoms with E-state index in [0.717, 1.165) is 12.0 Å². The van der Waals surface area contributed by atoms with Crippen LogP contribution in [0.5, 0.6) is 0 Å². The molecule has 0 amide bonds. The largest absolute Gasteiger partial charge is 0.374 e. The molecule has 80 valence electrons. The van der Waals surface area contributed by atoms with Crippen molar-refractivity contribution in [3.05, 3.63) is 35.9 Å². The number of aliphatic imine (C=N–C) groups is 1. The van der Waals surface area contributed by atoms with Crippen LogP contribution in [-0.4, -0.2) is 18.7 Å². The Balaban J connectivity index is 2.22. The maximum Gasteiger partial charge on any atom is 0.234 e. The van der Waals surface area contributed by atoms with Gasteiger partial charge in [0, 0.05) is 0 Å². The van der Waals surface area contributed by atoms with E-state index in [2.05, 4.69) is 4.99 Å². The van der Waals surface area contributed by atoms with Crippen molar-refractivity contribution in [2.75, 3.05) is 6.54 Å². The van der Waals surface area contributed by atoms with Crippen molar-refractivity contribution in [2.45, 2.75) is 26.1 Å². The monoisotopic (exact) mass is 205 g/mol. The fourth-order valence-corrected chi connectivity index (χ4v) is 1.19. The van der Waals surface area contributed by atoms with Crippen LogP contribution < -0.4 is 0 Å². The summed E-state index contributed by atoms with van der Waals surface area (Å²) in [4.78, 5) is 13.3. The molecule has 0 aromatic heterocycles. The molecule has 1 aromatic carbocycles. The number of hydrogen-bond donors (Lipinski definition) is 0. The molecule has 0 spiro atoms. The van der Waals surface area contributed by atoms with Gasteiger partial charge in [0.25, 0.3) is 0 Å². The van der Waals surface area contributed by atoms with Gasteiger partial charge < -0.3 is 4.74 Å². The van der Waals surface area contributed by atoms with E-state index in [4.69, 9.17) is 4.74 Å². The van der Waals surface area contributed by atoms with E-state index in [0.29, 0.717) is 13.2 Å². The Bertz CT molecular complexity index is 318. The fraction of sp³-hybridized carbons (Fsp3) is 0.417. The Morgan fingerprint density at radius 3 is 2.80 bits per heavy atom. The molecule has 1 aromatic rings. The van der Waals surface area contributed by atoms with E-state index in [1.807, 2.05) is 37.3 Å². The van der Waals surface area contributed by atoms with Gasteiger partial charge in [-0.15, -0.1) is 0 Å². The summed E-state index contributed by atoms with van der Waals surface area (Å²) >= 11 is 0. The summed E-state index contributed by atoms with van der Waals surface area (Å²) in [6.07, 6.45) is 2.38. The number of ether oxygens (including phenoxy) is 1. The first kappa shape index (κ1) is 11.6. The van der Waals surface area contributed by atoms with Crippen LogP contribution in [0.2, 0.25) is 0 Å². The maximum absolute atomic E-state index is 9.83. The minimum atomic E-state index is 0.113. The van der Waals surface area contributed by atoms with Gasteiger partial charge >= 0.3 is 0 Å². The van der Waals surface area contributed by atoms with Crippen molar-refractivity contribution >= 4 is 6.08 Å². The topological polar surface area (TPSA) is 38.7 Å². The molecular formula is C12H15NO2. The van der Waals surface area contributed by atoms with Crippen LogP contribution in [0.15, 0.2) is 35.3 Å². The van der Waals surface area contributed by atoms with Crippen LogP contribution >= 0.6 is 0 Å². The highest BCUT2D eigenvalue weighted by Gasteiger charge is 2.01. The second-order valence-corrected chi connectivity index (χ2v) is 3.37. The Morgan fingerprint density at radius 2 is 2.13 bits per heavy atom. The van der Waals surface area contributed by atoms with Crippen molar-refractivity contribution in [1.29, 1.82) is 0 Å². The fourth-order valence-electron chi connectivity index (χ4n) is 1.19. The van der Waals surface area contributed by atoms with Crippen LogP contribution in [-0.2, 0) is 16.1 Å². The van der Waals surface area contributed by atoms with Gasteiger partial charge in [-0.2, -0.15) is 0 Å². The number of benzene rings is 1. The lowest BCUT2D eigenvalue weighted by Crippen LogP contribution is -2.09. The summed E-state index contributed by atoms with van der Waals surface area (Å²) in [5.74, 6) is 0. The van der Waals surface area contributed by atoms with Gasteiger partial charge in [-0.25, -0.2) is 9.79 Å². The van der Waals surface area contributed by atoms with E-state index >= 15 is 0 Å². The van der Waals surface area contributed by atoms with Crippen molar-refractivity contribution in [1.82, 2.24) is 0 Å². The summed E-state index contributed by atoms with van der Waals surface area (Å²) in [5, 5.41) is 0. The first-order valence-corrected chi connectivity index (χ1v) is 5.02. The highest BCUT2D eigenvalue weighted by molar-refractivity contribution is 5.32. The average Bonchev–Trinajstić information content (AvgIpc) is 2.28. The summed E-state index contributed by atoms with van der Waals surface area (Å²) in [5.41, 5.74) is 1.16. The molecule has 0 N–H and O–H groups in total. The third-order valence-corrected chi connectivity index (χ3v) is 2.09. The van der Waals surface area contributed by atoms with Crippen LogP contribution in [0.3, 0.4) is 0 Å². The lowest BCUT2D eigenvalue weighted by atomic mass is 10.2. The molecule has 0 aliphatic carbocycles. The van der Waals surface area contributed by atoms with Crippen LogP contribution in [0, 0.1) is 0 Å². The van der Waals surface area contributed by atoms with Crippen molar-refractivity contribution in [3.63, 3.8) is 0 Å². The molecule has 1 unspecified atom stereocenters. The molecule has 3 heteroatoms. The quantitative estimate of drug-likeness (QED) is 0.528. The lowest BCUT2D eigenvalue weighted by molar-refractivity contribution is 0.0493. The van der Waals surface area contributed by atoms with Crippen molar-refractivity contribution in [3.8, 4) is 0 Å². The third-order valence-electron chi connectivity index (χ3n) is 2.09. The van der Waals surface area contributed by atoms with E-state index in [1.54, 1.807) is 0 Å². The van der Waals surface area contributed by atoms with Crippen LogP contribution in [0.4, 0.5) is 0 Å². The minimum absolute atomic E-state index is 0.113. The van der Waals surface area contributed by atoms with Gasteiger partial charge in [-0.05, 0) is 18.9 Å². The van der Waals surface area contributed by atoms with Crippen molar-refractivity contribution < 1.29 is 9.53 Å². The van der Waals surface area contributed by atoms with Crippen LogP contribution in [0.1, 0.15) is 18.9 Å². The highest BCUT2D eigenvalue weighted by Crippen LogP contribution is 2.05. The Kier molecular flexibility index (Phi) is 5.38. The molecule has 0 aliphatic heterocycles. The smallest absolute Gasteiger partial charge is 0.234 e. The summed E-state index contributed by atoms with van der Waals surface area (Å²) < 4.78 is 5.58. The summed E-state index contributed by atoms with van der Waals surface area (Å²) in [7, 11) is 0. The maximum atomic E-state index is 9.83. The van der Waals surface area contributed by atoms with E-state index in [1.165, 1.54) is 6.08 Å². The predicted octanol–water partition coefficient (Wildman–Crippen LogP) is 2.32. The second kappa shape index (κ2) is 6.93. The SMILES string of the molecule is CC(CCN=C=O)OCc1ccccc1. The number of isocyanates is 1. The van der Waals surface area contributed by atoms with Crippen LogP contribution in [0.25, 0.3) is 0 Å². The molecule has 0 saturated carbocycles. The predicted molar refractivity (Wildman–Crippen MR) is 58.3 cm³/mol. The van der Waals surface area contributed by atoms with Gasteiger partial charge in [-0.3, -0.25) is 0 Å².